The molecule has 45 heavy (non-hydrogen) atoms. The molecule has 2 atom stereocenters. The molecule has 0 saturated heterocycles. The lowest BCUT2D eigenvalue weighted by Crippen LogP contribution is -2.48. The monoisotopic (exact) mass is 587 g/mol. The summed E-state index contributed by atoms with van der Waals surface area (Å²) in [5, 5.41) is 0. The van der Waals surface area contributed by atoms with Gasteiger partial charge in [-0.3, -0.25) is 0 Å². The first-order valence-corrected chi connectivity index (χ1v) is 17.5. The summed E-state index contributed by atoms with van der Waals surface area (Å²) in [4.78, 5) is 2.42. The molecule has 6 aliphatic carbocycles. The highest BCUT2D eigenvalue weighted by Crippen LogP contribution is 2.61. The molecule has 10 rings (SSSR count). The molecule has 1 heteroatoms. The molecular formula is C44H45N. The summed E-state index contributed by atoms with van der Waals surface area (Å²) in [7, 11) is 0. The highest BCUT2D eigenvalue weighted by atomic mass is 15.1. The van der Waals surface area contributed by atoms with Crippen LogP contribution in [0.5, 0.6) is 0 Å². The second kappa shape index (κ2) is 10.1. The van der Waals surface area contributed by atoms with Crippen LogP contribution < -0.4 is 4.90 Å². The van der Waals surface area contributed by atoms with Crippen molar-refractivity contribution in [3.63, 3.8) is 0 Å². The molecule has 4 saturated carbocycles. The van der Waals surface area contributed by atoms with E-state index in [0.29, 0.717) is 17.3 Å². The quantitative estimate of drug-likeness (QED) is 0.224. The van der Waals surface area contributed by atoms with Gasteiger partial charge in [0.25, 0.3) is 0 Å². The second-order valence-electron chi connectivity index (χ2n) is 15.7. The number of anilines is 3. The van der Waals surface area contributed by atoms with Crippen molar-refractivity contribution < 1.29 is 0 Å². The zero-order chi connectivity index (χ0) is 30.3. The van der Waals surface area contributed by atoms with Crippen LogP contribution in [0.25, 0.3) is 11.1 Å². The number of hydrogen-bond donors (Lipinski definition) is 0. The number of para-hydroxylation sites is 1. The van der Waals surface area contributed by atoms with Gasteiger partial charge in [-0.1, -0.05) is 105 Å². The van der Waals surface area contributed by atoms with Gasteiger partial charge in [0.2, 0.25) is 0 Å². The van der Waals surface area contributed by atoms with E-state index in [-0.39, 0.29) is 5.41 Å². The second-order valence-corrected chi connectivity index (χ2v) is 15.7. The number of benzene rings is 4. The average molecular weight is 588 g/mol. The Morgan fingerprint density at radius 1 is 0.644 bits per heavy atom. The predicted molar refractivity (Wildman–Crippen MR) is 189 cm³/mol. The minimum Gasteiger partial charge on any atom is -0.310 e. The molecule has 0 heterocycles. The lowest BCUT2D eigenvalue weighted by Gasteiger charge is -2.57. The first kappa shape index (κ1) is 27.5. The first-order valence-electron chi connectivity index (χ1n) is 17.5. The first-order chi connectivity index (χ1) is 21.9. The fraction of sp³-hybridized carbons (Fsp3) is 0.364. The highest BCUT2D eigenvalue weighted by Gasteiger charge is 2.51. The van der Waals surface area contributed by atoms with Crippen LogP contribution in [0.2, 0.25) is 0 Å². The number of rotatable bonds is 5. The van der Waals surface area contributed by atoms with E-state index in [1.165, 1.54) is 77.8 Å². The van der Waals surface area contributed by atoms with E-state index in [1.807, 2.05) is 0 Å². The van der Waals surface area contributed by atoms with Crippen LogP contribution in [0, 0.1) is 23.7 Å². The van der Waals surface area contributed by atoms with Crippen molar-refractivity contribution in [2.45, 2.75) is 76.0 Å². The van der Waals surface area contributed by atoms with E-state index in [1.54, 1.807) is 11.1 Å². The van der Waals surface area contributed by atoms with Crippen molar-refractivity contribution in [2.75, 3.05) is 4.90 Å². The smallest absolute Gasteiger partial charge is 0.0464 e. The Morgan fingerprint density at radius 2 is 1.22 bits per heavy atom. The molecule has 0 aliphatic heterocycles. The normalized spacial score (nSPS) is 30.1. The van der Waals surface area contributed by atoms with Crippen molar-refractivity contribution >= 4 is 17.1 Å². The van der Waals surface area contributed by atoms with Crippen LogP contribution in [0.1, 0.15) is 81.9 Å². The van der Waals surface area contributed by atoms with Gasteiger partial charge in [0.15, 0.2) is 0 Å². The molecule has 0 spiro atoms. The largest absolute Gasteiger partial charge is 0.310 e. The summed E-state index contributed by atoms with van der Waals surface area (Å²) in [5.41, 5.74) is 12.8. The van der Waals surface area contributed by atoms with Gasteiger partial charge in [0.1, 0.15) is 0 Å². The third kappa shape index (κ3) is 4.33. The van der Waals surface area contributed by atoms with Crippen molar-refractivity contribution in [1.82, 2.24) is 0 Å². The molecule has 2 unspecified atom stereocenters. The molecule has 4 aromatic carbocycles. The maximum atomic E-state index is 2.47. The number of hydrogen-bond acceptors (Lipinski definition) is 1. The predicted octanol–water partition coefficient (Wildman–Crippen LogP) is 11.8. The van der Waals surface area contributed by atoms with Crippen LogP contribution in [-0.4, -0.2) is 0 Å². The van der Waals surface area contributed by atoms with Gasteiger partial charge in [-0.15, -0.1) is 0 Å². The van der Waals surface area contributed by atoms with Gasteiger partial charge in [-0.25, -0.2) is 0 Å². The van der Waals surface area contributed by atoms with E-state index < -0.39 is 0 Å². The molecule has 0 radical (unpaired) electrons. The van der Waals surface area contributed by atoms with Crippen LogP contribution in [-0.2, 0) is 10.8 Å². The Kier molecular flexibility index (Phi) is 6.15. The molecule has 226 valence electrons. The summed E-state index contributed by atoms with van der Waals surface area (Å²) in [5.74, 6) is 3.95. The molecule has 4 fully saturated rings. The zero-order valence-electron chi connectivity index (χ0n) is 27.0. The van der Waals surface area contributed by atoms with Crippen molar-refractivity contribution in [1.29, 1.82) is 0 Å². The third-order valence-electron chi connectivity index (χ3n) is 12.6. The van der Waals surface area contributed by atoms with Gasteiger partial charge in [-0.05, 0) is 132 Å². The Morgan fingerprint density at radius 3 is 1.87 bits per heavy atom. The molecule has 1 nitrogen and oxygen atoms in total. The Bertz CT molecular complexity index is 1770. The minimum atomic E-state index is 0.0174. The number of fused-ring (bicyclic) bond motifs is 3. The lowest BCUT2D eigenvalue weighted by atomic mass is 9.48. The summed E-state index contributed by atoms with van der Waals surface area (Å²) < 4.78 is 0. The standard InChI is InChI=1S/C44H45N/c1-29-8-7-11-40-42(29)39-21-20-38(25-41(39)43(40,2)3)45(36-9-5-4-6-10-36)37-18-14-34(15-19-37)33-12-16-35(17-13-33)44-26-30-22-31(27-44)24-32(23-30)28-44/h4-21,25,29-32,42H,22-24,26-28H2,1-3H3. The van der Waals surface area contributed by atoms with Crippen molar-refractivity contribution in [3.05, 3.63) is 138 Å². The topological polar surface area (TPSA) is 3.24 Å². The molecule has 4 bridgehead atoms. The van der Waals surface area contributed by atoms with Crippen molar-refractivity contribution in [2.24, 2.45) is 23.7 Å². The Labute approximate surface area is 269 Å². The van der Waals surface area contributed by atoms with Crippen molar-refractivity contribution in [3.8, 4) is 11.1 Å². The molecule has 6 aliphatic rings. The van der Waals surface area contributed by atoms with Crippen LogP contribution in [0.15, 0.2) is 121 Å². The summed E-state index contributed by atoms with van der Waals surface area (Å²) in [6.07, 6.45) is 15.8. The van der Waals surface area contributed by atoms with Crippen LogP contribution >= 0.6 is 0 Å². The Hall–Kier alpha value is -3.84. The maximum Gasteiger partial charge on any atom is 0.0464 e. The third-order valence-corrected chi connectivity index (χ3v) is 12.6. The number of nitrogens with zero attached hydrogens (tertiary/aromatic N) is 1. The van der Waals surface area contributed by atoms with E-state index in [2.05, 4.69) is 141 Å². The van der Waals surface area contributed by atoms with Gasteiger partial charge >= 0.3 is 0 Å². The molecule has 0 amide bonds. The molecular weight excluding hydrogens is 542 g/mol. The SMILES string of the molecule is CC1C=CC=C2C1c1ccc(N(c3ccccc3)c3ccc(-c4ccc(C56CC7CC(CC(C7)C5)C6)cc4)cc3)cc1C2(C)C. The Balaban J connectivity index is 1.04. The molecule has 4 aromatic rings. The summed E-state index contributed by atoms with van der Waals surface area (Å²) in [6, 6.07) is 37.0. The minimum absolute atomic E-state index is 0.0174. The fourth-order valence-electron chi connectivity index (χ4n) is 10.8. The van der Waals surface area contributed by atoms with Gasteiger partial charge in [0.05, 0.1) is 0 Å². The van der Waals surface area contributed by atoms with Crippen LogP contribution in [0.3, 0.4) is 0 Å². The average Bonchev–Trinajstić information content (AvgIpc) is 3.28. The van der Waals surface area contributed by atoms with Gasteiger partial charge < -0.3 is 4.90 Å². The van der Waals surface area contributed by atoms with Crippen LogP contribution in [0.4, 0.5) is 17.1 Å². The molecule has 0 aromatic heterocycles. The fourth-order valence-corrected chi connectivity index (χ4v) is 10.8. The zero-order valence-corrected chi connectivity index (χ0v) is 27.0. The summed E-state index contributed by atoms with van der Waals surface area (Å²) >= 11 is 0. The van der Waals surface area contributed by atoms with E-state index in [0.717, 1.165) is 17.8 Å². The van der Waals surface area contributed by atoms with Gasteiger partial charge in [0, 0.05) is 28.4 Å². The summed E-state index contributed by atoms with van der Waals surface area (Å²) in [6.45, 7) is 7.18. The molecule has 0 N–H and O–H groups in total. The lowest BCUT2D eigenvalue weighted by molar-refractivity contribution is -0.00518. The van der Waals surface area contributed by atoms with E-state index >= 15 is 0 Å². The van der Waals surface area contributed by atoms with E-state index in [9.17, 15) is 0 Å². The van der Waals surface area contributed by atoms with Gasteiger partial charge in [-0.2, -0.15) is 0 Å². The highest BCUT2D eigenvalue weighted by molar-refractivity contribution is 5.79. The maximum absolute atomic E-state index is 2.47. The van der Waals surface area contributed by atoms with E-state index in [4.69, 9.17) is 0 Å². The number of allylic oxidation sites excluding steroid dienone is 4.